The first-order valence-electron chi connectivity index (χ1n) is 7.88. The number of nitrogens with one attached hydrogen (secondary N) is 1. The van der Waals surface area contributed by atoms with E-state index in [1.165, 1.54) is 5.01 Å². The molecule has 6 nitrogen and oxygen atoms in total. The van der Waals surface area contributed by atoms with Gasteiger partial charge in [-0.3, -0.25) is 9.80 Å². The number of hydrogen-bond donors (Lipinski definition) is 2. The standard InChI is InChI=1S/C17H25N3O3/c1-17(2,3)23-16(22)13-8-5-4-7-12(13)11-20(18)15(21)14-9-6-10-19-14/h4-5,7-8,14,19H,6,9-11,18H2,1-3H3. The number of esters is 1. The largest absolute Gasteiger partial charge is 0.456 e. The molecule has 1 atom stereocenters. The molecule has 1 heterocycles. The second kappa shape index (κ2) is 7.10. The SMILES string of the molecule is CC(C)(C)OC(=O)c1ccccc1CN(N)C(=O)C1CCCN1. The molecule has 6 heteroatoms. The molecule has 0 bridgehead atoms. The normalized spacial score (nSPS) is 17.8. The Labute approximate surface area is 136 Å². The van der Waals surface area contributed by atoms with Crippen molar-refractivity contribution in [3.8, 4) is 0 Å². The molecule has 1 aliphatic rings. The molecule has 3 N–H and O–H groups in total. The molecule has 1 fully saturated rings. The Morgan fingerprint density at radius 2 is 2.04 bits per heavy atom. The summed E-state index contributed by atoms with van der Waals surface area (Å²) in [7, 11) is 0. The molecule has 0 saturated carbocycles. The fourth-order valence-corrected chi connectivity index (χ4v) is 2.55. The van der Waals surface area contributed by atoms with E-state index < -0.39 is 11.6 Å². The van der Waals surface area contributed by atoms with Gasteiger partial charge in [-0.15, -0.1) is 0 Å². The van der Waals surface area contributed by atoms with Crippen LogP contribution in [0.2, 0.25) is 0 Å². The fraction of sp³-hybridized carbons (Fsp3) is 0.529. The van der Waals surface area contributed by atoms with Gasteiger partial charge in [0.2, 0.25) is 0 Å². The molecule has 2 rings (SSSR count). The fourth-order valence-electron chi connectivity index (χ4n) is 2.55. The Hall–Kier alpha value is -1.92. The molecule has 1 amide bonds. The van der Waals surface area contributed by atoms with Gasteiger partial charge in [-0.1, -0.05) is 18.2 Å². The highest BCUT2D eigenvalue weighted by Gasteiger charge is 2.27. The molecule has 1 aromatic carbocycles. The van der Waals surface area contributed by atoms with Gasteiger partial charge in [-0.2, -0.15) is 0 Å². The van der Waals surface area contributed by atoms with Crippen LogP contribution in [0.5, 0.6) is 0 Å². The molecule has 126 valence electrons. The first-order chi connectivity index (χ1) is 10.8. The van der Waals surface area contributed by atoms with Gasteiger partial charge < -0.3 is 10.1 Å². The molecule has 23 heavy (non-hydrogen) atoms. The number of amides is 1. The van der Waals surface area contributed by atoms with Crippen molar-refractivity contribution in [2.75, 3.05) is 6.54 Å². The third-order valence-electron chi connectivity index (χ3n) is 3.62. The van der Waals surface area contributed by atoms with Crippen LogP contribution in [0.15, 0.2) is 24.3 Å². The van der Waals surface area contributed by atoms with Crippen LogP contribution in [-0.4, -0.2) is 35.1 Å². The number of nitrogens with two attached hydrogens (primary N) is 1. The van der Waals surface area contributed by atoms with Crippen LogP contribution in [-0.2, 0) is 16.1 Å². The first kappa shape index (κ1) is 17.4. The Morgan fingerprint density at radius 1 is 1.35 bits per heavy atom. The van der Waals surface area contributed by atoms with Crippen LogP contribution in [0.1, 0.15) is 49.5 Å². The summed E-state index contributed by atoms with van der Waals surface area (Å²) in [5.41, 5.74) is 0.538. The Bertz CT molecular complexity index is 575. The van der Waals surface area contributed by atoms with E-state index in [0.29, 0.717) is 11.1 Å². The topological polar surface area (TPSA) is 84.7 Å². The van der Waals surface area contributed by atoms with Crippen molar-refractivity contribution in [2.24, 2.45) is 5.84 Å². The van der Waals surface area contributed by atoms with E-state index in [-0.39, 0.29) is 18.5 Å². The van der Waals surface area contributed by atoms with Crippen molar-refractivity contribution >= 4 is 11.9 Å². The molecular weight excluding hydrogens is 294 g/mol. The summed E-state index contributed by atoms with van der Waals surface area (Å²) in [4.78, 5) is 24.6. The third-order valence-corrected chi connectivity index (χ3v) is 3.62. The number of carbonyl (C=O) groups excluding carboxylic acids is 2. The number of benzene rings is 1. The summed E-state index contributed by atoms with van der Waals surface area (Å²) in [5.74, 6) is 5.36. The predicted octanol–water partition coefficient (Wildman–Crippen LogP) is 1.60. The van der Waals surface area contributed by atoms with Gasteiger partial charge in [-0.05, 0) is 51.8 Å². The van der Waals surface area contributed by atoms with Crippen LogP contribution >= 0.6 is 0 Å². The van der Waals surface area contributed by atoms with Crippen molar-refractivity contribution < 1.29 is 14.3 Å². The average Bonchev–Trinajstić information content (AvgIpc) is 2.99. The average molecular weight is 319 g/mol. The summed E-state index contributed by atoms with van der Waals surface area (Å²) in [6, 6.07) is 6.83. The predicted molar refractivity (Wildman–Crippen MR) is 87.4 cm³/mol. The number of ether oxygens (including phenoxy) is 1. The number of rotatable bonds is 4. The summed E-state index contributed by atoms with van der Waals surface area (Å²) in [6.45, 7) is 6.46. The van der Waals surface area contributed by atoms with Gasteiger partial charge in [0.05, 0.1) is 18.2 Å². The highest BCUT2D eigenvalue weighted by atomic mass is 16.6. The number of hydrogen-bond acceptors (Lipinski definition) is 5. The Kier molecular flexibility index (Phi) is 5.38. The van der Waals surface area contributed by atoms with Crippen molar-refractivity contribution in [1.29, 1.82) is 0 Å². The second-order valence-electron chi connectivity index (χ2n) is 6.77. The van der Waals surface area contributed by atoms with Gasteiger partial charge in [0, 0.05) is 0 Å². The minimum absolute atomic E-state index is 0.151. The Balaban J connectivity index is 2.10. The van der Waals surface area contributed by atoms with Crippen LogP contribution in [0.25, 0.3) is 0 Å². The van der Waals surface area contributed by atoms with Crippen LogP contribution in [0.4, 0.5) is 0 Å². The van der Waals surface area contributed by atoms with Crippen molar-refractivity contribution in [1.82, 2.24) is 10.3 Å². The van der Waals surface area contributed by atoms with Gasteiger partial charge >= 0.3 is 5.97 Å². The summed E-state index contributed by atoms with van der Waals surface area (Å²) >= 11 is 0. The van der Waals surface area contributed by atoms with Crippen molar-refractivity contribution in [3.05, 3.63) is 35.4 Å². The monoisotopic (exact) mass is 319 g/mol. The van der Waals surface area contributed by atoms with E-state index in [1.54, 1.807) is 18.2 Å². The maximum absolute atomic E-state index is 12.3. The molecule has 0 radical (unpaired) electrons. The lowest BCUT2D eigenvalue weighted by molar-refractivity contribution is -0.134. The molecule has 0 aliphatic carbocycles. The minimum atomic E-state index is -0.573. The lowest BCUT2D eigenvalue weighted by Gasteiger charge is -2.23. The zero-order valence-corrected chi connectivity index (χ0v) is 14.0. The molecule has 0 spiro atoms. The lowest BCUT2D eigenvalue weighted by Crippen LogP contribution is -2.47. The number of hydrazine groups is 1. The van der Waals surface area contributed by atoms with E-state index in [4.69, 9.17) is 10.6 Å². The van der Waals surface area contributed by atoms with E-state index in [2.05, 4.69) is 5.32 Å². The quantitative estimate of drug-likeness (QED) is 0.381. The third kappa shape index (κ3) is 4.77. The molecule has 1 aliphatic heterocycles. The smallest absolute Gasteiger partial charge is 0.338 e. The van der Waals surface area contributed by atoms with Gasteiger partial charge in [0.25, 0.3) is 5.91 Å². The number of nitrogens with zero attached hydrogens (tertiary/aromatic N) is 1. The highest BCUT2D eigenvalue weighted by Crippen LogP contribution is 2.17. The van der Waals surface area contributed by atoms with Gasteiger partial charge in [0.15, 0.2) is 0 Å². The van der Waals surface area contributed by atoms with Crippen LogP contribution in [0, 0.1) is 0 Å². The van der Waals surface area contributed by atoms with E-state index in [1.807, 2.05) is 26.8 Å². The minimum Gasteiger partial charge on any atom is -0.456 e. The number of carbonyl (C=O) groups is 2. The molecular formula is C17H25N3O3. The Morgan fingerprint density at radius 3 is 2.65 bits per heavy atom. The first-order valence-corrected chi connectivity index (χ1v) is 7.88. The van der Waals surface area contributed by atoms with Crippen molar-refractivity contribution in [3.63, 3.8) is 0 Å². The maximum Gasteiger partial charge on any atom is 0.338 e. The van der Waals surface area contributed by atoms with E-state index in [9.17, 15) is 9.59 Å². The summed E-state index contributed by atoms with van der Waals surface area (Å²) in [6.07, 6.45) is 1.76. The van der Waals surface area contributed by atoms with Crippen LogP contribution in [0.3, 0.4) is 0 Å². The van der Waals surface area contributed by atoms with E-state index >= 15 is 0 Å². The lowest BCUT2D eigenvalue weighted by atomic mass is 10.1. The van der Waals surface area contributed by atoms with E-state index in [0.717, 1.165) is 19.4 Å². The summed E-state index contributed by atoms with van der Waals surface area (Å²) in [5, 5.41) is 4.30. The highest BCUT2D eigenvalue weighted by molar-refractivity contribution is 5.91. The summed E-state index contributed by atoms with van der Waals surface area (Å²) < 4.78 is 5.41. The zero-order chi connectivity index (χ0) is 17.0. The molecule has 1 saturated heterocycles. The molecule has 0 aromatic heterocycles. The second-order valence-corrected chi connectivity index (χ2v) is 6.77. The molecule has 1 aromatic rings. The van der Waals surface area contributed by atoms with Gasteiger partial charge in [0.1, 0.15) is 5.60 Å². The maximum atomic E-state index is 12.3. The van der Waals surface area contributed by atoms with Crippen molar-refractivity contribution in [2.45, 2.75) is 51.8 Å². The van der Waals surface area contributed by atoms with Gasteiger partial charge in [-0.25, -0.2) is 10.6 Å². The van der Waals surface area contributed by atoms with Crippen LogP contribution < -0.4 is 11.2 Å². The molecule has 1 unspecified atom stereocenters. The zero-order valence-electron chi connectivity index (χ0n) is 14.0.